The molecule has 55 heavy (non-hydrogen) atoms. The van der Waals surface area contributed by atoms with E-state index in [-0.39, 0.29) is 5.41 Å². The molecule has 4 aromatic rings. The zero-order valence-electron chi connectivity index (χ0n) is 37.6. The predicted octanol–water partition coefficient (Wildman–Crippen LogP) is 12.9. The summed E-state index contributed by atoms with van der Waals surface area (Å²) in [4.78, 5) is 0. The maximum absolute atomic E-state index is 2.69. The van der Waals surface area contributed by atoms with Crippen molar-refractivity contribution in [3.63, 3.8) is 0 Å². The third-order valence-corrected chi connectivity index (χ3v) is 20.6. The number of benzene rings is 4. The molecule has 0 aromatic heterocycles. The average Bonchev–Trinajstić information content (AvgIpc) is 3.71. The lowest BCUT2D eigenvalue weighted by Crippen LogP contribution is -2.45. The van der Waals surface area contributed by atoms with Gasteiger partial charge in [0.05, 0.1) is 32.3 Å². The van der Waals surface area contributed by atoms with Crippen molar-refractivity contribution in [1.29, 1.82) is 0 Å². The summed E-state index contributed by atoms with van der Waals surface area (Å²) in [5, 5.41) is 6.36. The van der Waals surface area contributed by atoms with Crippen molar-refractivity contribution in [2.75, 3.05) is 0 Å². The van der Waals surface area contributed by atoms with E-state index in [1.165, 1.54) is 57.3 Å². The monoisotopic (exact) mass is 796 g/mol. The van der Waals surface area contributed by atoms with Crippen molar-refractivity contribution in [3.05, 3.63) is 106 Å². The van der Waals surface area contributed by atoms with Gasteiger partial charge in [-0.25, -0.2) is 0 Å². The minimum Gasteiger partial charge on any atom is -0.0656 e. The summed E-state index contributed by atoms with van der Waals surface area (Å²) in [6, 6.07) is 29.8. The number of rotatable bonds is 12. The summed E-state index contributed by atoms with van der Waals surface area (Å²) in [5.74, 6) is 1.18. The largest absolute Gasteiger partial charge is 0.0776 e. The number of hydrogen-bond donors (Lipinski definition) is 0. The average molecular weight is 797 g/mol. The number of allylic oxidation sites excluding steroid dienone is 2. The third kappa shape index (κ3) is 8.73. The predicted molar refractivity (Wildman–Crippen MR) is 260 cm³/mol. The highest BCUT2D eigenvalue weighted by Gasteiger charge is 2.43. The van der Waals surface area contributed by atoms with Crippen molar-refractivity contribution in [3.8, 4) is 22.3 Å². The van der Waals surface area contributed by atoms with Gasteiger partial charge in [0.1, 0.15) is 0 Å². The molecule has 0 aliphatic heterocycles. The minimum absolute atomic E-state index is 0.0161. The van der Waals surface area contributed by atoms with Crippen molar-refractivity contribution in [2.24, 2.45) is 17.3 Å². The van der Waals surface area contributed by atoms with Gasteiger partial charge in [-0.2, -0.15) is 0 Å². The molecule has 4 aromatic carbocycles. The van der Waals surface area contributed by atoms with Crippen LogP contribution >= 0.6 is 0 Å². The van der Waals surface area contributed by atoms with E-state index in [0.29, 0.717) is 11.8 Å². The van der Waals surface area contributed by atoms with Gasteiger partial charge < -0.3 is 0 Å². The maximum atomic E-state index is 2.69. The standard InChI is InChI=1S/C51H72Si4/c1-35(2)33-51(34-36(3)4,41-23-37-19-17-21-47(49(37)29-41)39-25-43(52(5,6)7)31-44(26-39)53(8,9)10)42-24-38-20-18-22-48(50(38)30-42)40-27-45(54(11,12)13)32-46(28-40)55(14,15)16/h17-22,25-32,35-36H,23-24,33-34H2,1-16H3. The molecule has 0 unspecified atom stereocenters. The fourth-order valence-electron chi connectivity index (χ4n) is 9.36. The summed E-state index contributed by atoms with van der Waals surface area (Å²) in [5.41, 5.74) is 15.0. The smallest absolute Gasteiger partial charge is 0.0656 e. The molecule has 0 heterocycles. The van der Waals surface area contributed by atoms with E-state index >= 15 is 0 Å². The second kappa shape index (κ2) is 14.9. The van der Waals surface area contributed by atoms with Crippen LogP contribution in [-0.4, -0.2) is 32.3 Å². The molecule has 4 heteroatoms. The second-order valence-corrected chi connectivity index (χ2v) is 42.6. The summed E-state index contributed by atoms with van der Waals surface area (Å²) in [6.45, 7) is 39.9. The van der Waals surface area contributed by atoms with Crippen molar-refractivity contribution in [2.45, 2.75) is 132 Å². The highest BCUT2D eigenvalue weighted by molar-refractivity contribution is 6.92. The summed E-state index contributed by atoms with van der Waals surface area (Å²) < 4.78 is 0. The first-order chi connectivity index (χ1) is 25.4. The molecule has 0 nitrogen and oxygen atoms in total. The van der Waals surface area contributed by atoms with Gasteiger partial charge in [0.25, 0.3) is 0 Å². The Labute approximate surface area is 341 Å². The van der Waals surface area contributed by atoms with Gasteiger partial charge in [0, 0.05) is 5.41 Å². The van der Waals surface area contributed by atoms with Crippen LogP contribution in [0, 0.1) is 17.3 Å². The van der Waals surface area contributed by atoms with Crippen LogP contribution in [0.15, 0.2) is 83.9 Å². The van der Waals surface area contributed by atoms with Crippen LogP contribution in [0.2, 0.25) is 78.6 Å². The van der Waals surface area contributed by atoms with E-state index in [1.807, 2.05) is 0 Å². The zero-order valence-corrected chi connectivity index (χ0v) is 41.6. The topological polar surface area (TPSA) is 0 Å². The Morgan fingerprint density at radius 3 is 1.04 bits per heavy atom. The molecule has 0 bridgehead atoms. The fraction of sp³-hybridized carbons (Fsp3) is 0.451. The molecule has 0 radical (unpaired) electrons. The van der Waals surface area contributed by atoms with Crippen LogP contribution in [-0.2, 0) is 12.8 Å². The van der Waals surface area contributed by atoms with Crippen molar-refractivity contribution >= 4 is 65.2 Å². The molecule has 0 atom stereocenters. The molecular formula is C51H72Si4. The lowest BCUT2D eigenvalue weighted by Gasteiger charge is -2.40. The summed E-state index contributed by atoms with van der Waals surface area (Å²) >= 11 is 0. The highest BCUT2D eigenvalue weighted by Crippen LogP contribution is 2.55. The number of hydrogen-bond acceptors (Lipinski definition) is 0. The van der Waals surface area contributed by atoms with E-state index in [9.17, 15) is 0 Å². The SMILES string of the molecule is CC(C)CC(CC(C)C)(C1=Cc2c(cccc2-c2cc([Si](C)(C)C)cc([Si](C)(C)C)c2)C1)C1=Cc2c(cccc2-c2cc([Si](C)(C)C)cc([Si](C)(C)C)c2)C1. The molecular weight excluding hydrogens is 725 g/mol. The van der Waals surface area contributed by atoms with Gasteiger partial charge in [-0.15, -0.1) is 0 Å². The molecule has 2 aliphatic carbocycles. The van der Waals surface area contributed by atoms with E-state index in [2.05, 4.69) is 191 Å². The zero-order chi connectivity index (χ0) is 40.5. The van der Waals surface area contributed by atoms with Gasteiger partial charge in [0.2, 0.25) is 0 Å². The molecule has 0 saturated heterocycles. The third-order valence-electron chi connectivity index (χ3n) is 12.5. The maximum Gasteiger partial charge on any atom is 0.0776 e. The van der Waals surface area contributed by atoms with Gasteiger partial charge >= 0.3 is 0 Å². The molecule has 0 N–H and O–H groups in total. The highest BCUT2D eigenvalue weighted by atomic mass is 28.3. The molecule has 292 valence electrons. The van der Waals surface area contributed by atoms with Crippen LogP contribution in [0.5, 0.6) is 0 Å². The quantitative estimate of drug-likeness (QED) is 0.125. The first-order valence-corrected chi connectivity index (χ1v) is 35.4. The fourth-order valence-corrected chi connectivity index (χ4v) is 14.4. The second-order valence-electron chi connectivity index (χ2n) is 22.3. The van der Waals surface area contributed by atoms with Gasteiger partial charge in [0.15, 0.2) is 0 Å². The van der Waals surface area contributed by atoms with Gasteiger partial charge in [-0.3, -0.25) is 0 Å². The normalized spacial score (nSPS) is 15.1. The van der Waals surface area contributed by atoms with E-state index < -0.39 is 32.3 Å². The van der Waals surface area contributed by atoms with Crippen LogP contribution in [0.4, 0.5) is 0 Å². The van der Waals surface area contributed by atoms with E-state index in [1.54, 1.807) is 31.9 Å². The van der Waals surface area contributed by atoms with Crippen molar-refractivity contribution in [1.82, 2.24) is 0 Å². The Morgan fingerprint density at radius 1 is 0.455 bits per heavy atom. The van der Waals surface area contributed by atoms with Crippen LogP contribution in [0.1, 0.15) is 62.8 Å². The Morgan fingerprint density at radius 2 is 0.764 bits per heavy atom. The molecule has 0 saturated carbocycles. The first kappa shape index (κ1) is 41.9. The van der Waals surface area contributed by atoms with E-state index in [4.69, 9.17) is 0 Å². The molecule has 0 amide bonds. The summed E-state index contributed by atoms with van der Waals surface area (Å²) in [7, 11) is -6.06. The first-order valence-electron chi connectivity index (χ1n) is 21.4. The van der Waals surface area contributed by atoms with Gasteiger partial charge in [-0.05, 0) is 82.0 Å². The van der Waals surface area contributed by atoms with Gasteiger partial charge in [-0.1, -0.05) is 223 Å². The lowest BCUT2D eigenvalue weighted by molar-refractivity contribution is 0.273. The molecule has 2 aliphatic rings. The van der Waals surface area contributed by atoms with Crippen LogP contribution < -0.4 is 20.7 Å². The molecule has 6 rings (SSSR count). The Balaban J connectivity index is 1.53. The number of fused-ring (bicyclic) bond motifs is 2. The Hall–Kier alpha value is -2.77. The Bertz CT molecular complexity index is 1930. The summed E-state index contributed by atoms with van der Waals surface area (Å²) in [6.07, 6.45) is 9.85. The van der Waals surface area contributed by atoms with Crippen LogP contribution in [0.3, 0.4) is 0 Å². The minimum atomic E-state index is -1.51. The Kier molecular flexibility index (Phi) is 11.3. The van der Waals surface area contributed by atoms with E-state index in [0.717, 1.165) is 12.8 Å². The lowest BCUT2D eigenvalue weighted by atomic mass is 9.63. The van der Waals surface area contributed by atoms with Crippen molar-refractivity contribution < 1.29 is 0 Å². The molecule has 0 fully saturated rings. The van der Waals surface area contributed by atoms with Crippen LogP contribution in [0.25, 0.3) is 34.4 Å². The molecule has 0 spiro atoms.